The molecule has 2 amide bonds. The molecule has 152 valence electrons. The normalized spacial score (nSPS) is 10.6. The van der Waals surface area contributed by atoms with Gasteiger partial charge in [-0.3, -0.25) is 9.59 Å². The minimum atomic E-state index is -0.270. The summed E-state index contributed by atoms with van der Waals surface area (Å²) in [6, 6.07) is 24.4. The summed E-state index contributed by atoms with van der Waals surface area (Å²) in [6.45, 7) is 0. The Morgan fingerprint density at radius 3 is 2.33 bits per heavy atom. The number of para-hydroxylation sites is 1. The molecule has 2 N–H and O–H groups in total. The van der Waals surface area contributed by atoms with Crippen molar-refractivity contribution in [3.05, 3.63) is 96.1 Å². The fourth-order valence-corrected chi connectivity index (χ4v) is 2.95. The number of nitrogens with one attached hydrogen (secondary N) is 2. The van der Waals surface area contributed by atoms with Crippen molar-refractivity contribution in [3.8, 4) is 5.75 Å². The molecule has 0 aliphatic heterocycles. The van der Waals surface area contributed by atoms with Crippen molar-refractivity contribution in [1.29, 1.82) is 0 Å². The van der Waals surface area contributed by atoms with Crippen LogP contribution in [0.5, 0.6) is 5.75 Å². The number of methoxy groups -OCH3 is 1. The van der Waals surface area contributed by atoms with E-state index >= 15 is 0 Å². The van der Waals surface area contributed by atoms with E-state index in [1.54, 1.807) is 37.5 Å². The van der Waals surface area contributed by atoms with E-state index in [0.29, 0.717) is 30.0 Å². The average molecular weight is 400 g/mol. The predicted octanol–water partition coefficient (Wildman–Crippen LogP) is 4.92. The molecule has 30 heavy (non-hydrogen) atoms. The standard InChI is InChI=1S/C25H24N2O3/c1-30-23-13-6-5-10-20(23)15-17-25(29)27-22-12-7-11-21(18-22)26-24(28)16-14-19-8-3-2-4-9-19/h2-13,15,17-18H,14,16H2,1H3,(H,26,28)(H,27,29)/b17-15+. The maximum absolute atomic E-state index is 12.3. The number of benzene rings is 3. The van der Waals surface area contributed by atoms with Gasteiger partial charge in [0, 0.05) is 29.4 Å². The third-order valence-corrected chi connectivity index (χ3v) is 4.45. The van der Waals surface area contributed by atoms with Crippen LogP contribution in [-0.2, 0) is 16.0 Å². The number of rotatable bonds is 8. The predicted molar refractivity (Wildman–Crippen MR) is 120 cm³/mol. The van der Waals surface area contributed by atoms with Gasteiger partial charge >= 0.3 is 0 Å². The lowest BCUT2D eigenvalue weighted by Gasteiger charge is -2.08. The van der Waals surface area contributed by atoms with Crippen molar-refractivity contribution in [2.24, 2.45) is 0 Å². The van der Waals surface area contributed by atoms with E-state index in [0.717, 1.165) is 11.1 Å². The molecule has 0 saturated carbocycles. The molecule has 0 aliphatic carbocycles. The van der Waals surface area contributed by atoms with E-state index in [4.69, 9.17) is 4.74 Å². The van der Waals surface area contributed by atoms with Gasteiger partial charge in [-0.15, -0.1) is 0 Å². The third kappa shape index (κ3) is 6.34. The van der Waals surface area contributed by atoms with Gasteiger partial charge in [0.1, 0.15) is 5.75 Å². The minimum absolute atomic E-state index is 0.0709. The second kappa shape index (κ2) is 10.6. The monoisotopic (exact) mass is 400 g/mol. The van der Waals surface area contributed by atoms with E-state index in [2.05, 4.69) is 10.6 Å². The van der Waals surface area contributed by atoms with E-state index in [1.165, 1.54) is 6.08 Å². The Labute approximate surface area is 176 Å². The van der Waals surface area contributed by atoms with Crippen molar-refractivity contribution in [1.82, 2.24) is 0 Å². The van der Waals surface area contributed by atoms with Crippen molar-refractivity contribution in [2.45, 2.75) is 12.8 Å². The van der Waals surface area contributed by atoms with Gasteiger partial charge in [-0.2, -0.15) is 0 Å². The van der Waals surface area contributed by atoms with Crippen LogP contribution in [0.4, 0.5) is 11.4 Å². The third-order valence-electron chi connectivity index (χ3n) is 4.45. The Morgan fingerprint density at radius 2 is 1.57 bits per heavy atom. The summed E-state index contributed by atoms with van der Waals surface area (Å²) in [4.78, 5) is 24.5. The molecule has 0 radical (unpaired) electrons. The first-order valence-corrected chi connectivity index (χ1v) is 9.70. The first-order chi connectivity index (χ1) is 14.6. The fourth-order valence-electron chi connectivity index (χ4n) is 2.95. The fraction of sp³-hybridized carbons (Fsp3) is 0.120. The van der Waals surface area contributed by atoms with Gasteiger partial charge in [0.25, 0.3) is 0 Å². The molecule has 0 bridgehead atoms. The Bertz CT molecular complexity index is 1030. The largest absolute Gasteiger partial charge is 0.496 e. The molecule has 0 aliphatic rings. The average Bonchev–Trinajstić information content (AvgIpc) is 2.77. The van der Waals surface area contributed by atoms with Crippen LogP contribution < -0.4 is 15.4 Å². The lowest BCUT2D eigenvalue weighted by molar-refractivity contribution is -0.116. The van der Waals surface area contributed by atoms with E-state index in [9.17, 15) is 9.59 Å². The molecule has 5 heteroatoms. The van der Waals surface area contributed by atoms with E-state index in [-0.39, 0.29) is 11.8 Å². The molecule has 0 saturated heterocycles. The van der Waals surface area contributed by atoms with Crippen LogP contribution in [0.1, 0.15) is 17.5 Å². The summed E-state index contributed by atoms with van der Waals surface area (Å²) < 4.78 is 5.27. The highest BCUT2D eigenvalue weighted by atomic mass is 16.5. The van der Waals surface area contributed by atoms with Gasteiger partial charge in [0.2, 0.25) is 11.8 Å². The van der Waals surface area contributed by atoms with Crippen molar-refractivity contribution in [2.75, 3.05) is 17.7 Å². The summed E-state index contributed by atoms with van der Waals surface area (Å²) in [6.07, 6.45) is 4.21. The Kier molecular flexibility index (Phi) is 7.39. The molecule has 3 rings (SSSR count). The van der Waals surface area contributed by atoms with Crippen LogP contribution in [0, 0.1) is 0 Å². The Morgan fingerprint density at radius 1 is 0.867 bits per heavy atom. The zero-order valence-corrected chi connectivity index (χ0v) is 16.8. The number of ether oxygens (including phenoxy) is 1. The first kappa shape index (κ1) is 20.9. The summed E-state index contributed by atoms with van der Waals surface area (Å²) in [5, 5.41) is 5.68. The Hall–Kier alpha value is -3.86. The maximum Gasteiger partial charge on any atom is 0.248 e. The molecule has 0 spiro atoms. The second-order valence-corrected chi connectivity index (χ2v) is 6.68. The number of carbonyl (C=O) groups excluding carboxylic acids is 2. The number of amides is 2. The molecular weight excluding hydrogens is 376 g/mol. The minimum Gasteiger partial charge on any atom is -0.496 e. The topological polar surface area (TPSA) is 67.4 Å². The molecule has 3 aromatic rings. The van der Waals surface area contributed by atoms with Crippen LogP contribution in [0.3, 0.4) is 0 Å². The van der Waals surface area contributed by atoms with Crippen molar-refractivity contribution >= 4 is 29.3 Å². The quantitative estimate of drug-likeness (QED) is 0.528. The summed E-state index contributed by atoms with van der Waals surface area (Å²) >= 11 is 0. The number of aryl methyl sites for hydroxylation is 1. The number of hydrogen-bond donors (Lipinski definition) is 2. The van der Waals surface area contributed by atoms with E-state index < -0.39 is 0 Å². The molecular formula is C25H24N2O3. The molecule has 0 aromatic heterocycles. The lowest BCUT2D eigenvalue weighted by Crippen LogP contribution is -2.13. The van der Waals surface area contributed by atoms with Gasteiger partial charge < -0.3 is 15.4 Å². The molecule has 5 nitrogen and oxygen atoms in total. The lowest BCUT2D eigenvalue weighted by atomic mass is 10.1. The van der Waals surface area contributed by atoms with Gasteiger partial charge in [0.15, 0.2) is 0 Å². The van der Waals surface area contributed by atoms with E-state index in [1.807, 2.05) is 54.6 Å². The van der Waals surface area contributed by atoms with Crippen molar-refractivity contribution < 1.29 is 14.3 Å². The van der Waals surface area contributed by atoms with Crippen LogP contribution in [0.2, 0.25) is 0 Å². The van der Waals surface area contributed by atoms with Gasteiger partial charge in [-0.25, -0.2) is 0 Å². The highest BCUT2D eigenvalue weighted by Gasteiger charge is 2.05. The smallest absolute Gasteiger partial charge is 0.248 e. The highest BCUT2D eigenvalue weighted by Crippen LogP contribution is 2.19. The summed E-state index contributed by atoms with van der Waals surface area (Å²) in [7, 11) is 1.59. The van der Waals surface area contributed by atoms with Crippen LogP contribution in [0.15, 0.2) is 84.9 Å². The molecule has 0 heterocycles. The highest BCUT2D eigenvalue weighted by molar-refractivity contribution is 6.02. The number of hydrogen-bond acceptors (Lipinski definition) is 3. The van der Waals surface area contributed by atoms with Crippen LogP contribution in [-0.4, -0.2) is 18.9 Å². The van der Waals surface area contributed by atoms with Gasteiger partial charge in [0.05, 0.1) is 7.11 Å². The maximum atomic E-state index is 12.3. The zero-order chi connectivity index (χ0) is 21.2. The van der Waals surface area contributed by atoms with Crippen LogP contribution >= 0.6 is 0 Å². The van der Waals surface area contributed by atoms with Crippen molar-refractivity contribution in [3.63, 3.8) is 0 Å². The summed E-state index contributed by atoms with van der Waals surface area (Å²) in [5.41, 5.74) is 3.18. The number of anilines is 2. The molecule has 3 aromatic carbocycles. The molecule has 0 fully saturated rings. The summed E-state index contributed by atoms with van der Waals surface area (Å²) in [5.74, 6) is 0.355. The molecule has 0 atom stereocenters. The van der Waals surface area contributed by atoms with Crippen LogP contribution in [0.25, 0.3) is 6.08 Å². The first-order valence-electron chi connectivity index (χ1n) is 9.70. The SMILES string of the molecule is COc1ccccc1/C=C/C(=O)Nc1cccc(NC(=O)CCc2ccccc2)c1. The van der Waals surface area contributed by atoms with Gasteiger partial charge in [-0.05, 0) is 42.3 Å². The number of carbonyl (C=O) groups is 2. The second-order valence-electron chi connectivity index (χ2n) is 6.68. The Balaban J connectivity index is 1.55. The molecule has 0 unspecified atom stereocenters. The zero-order valence-electron chi connectivity index (χ0n) is 16.8. The van der Waals surface area contributed by atoms with Gasteiger partial charge in [-0.1, -0.05) is 54.6 Å².